The van der Waals surface area contributed by atoms with Gasteiger partial charge in [-0.1, -0.05) is 48.5 Å². The van der Waals surface area contributed by atoms with E-state index in [0.717, 1.165) is 32.3 Å². The maximum absolute atomic E-state index is 9.12. The maximum atomic E-state index is 9.12. The number of benzene rings is 2. The molecule has 2 nitrogen and oxygen atoms in total. The lowest BCUT2D eigenvalue weighted by atomic mass is 10.0. The van der Waals surface area contributed by atoms with Crippen LogP contribution in [0.2, 0.25) is 0 Å². The Hall–Kier alpha value is -1.58. The van der Waals surface area contributed by atoms with E-state index in [2.05, 4.69) is 28.1 Å². The van der Waals surface area contributed by atoms with Gasteiger partial charge >= 0.3 is 0 Å². The summed E-state index contributed by atoms with van der Waals surface area (Å²) in [5.41, 5.74) is 4.06. The quantitative estimate of drug-likeness (QED) is 0.777. The van der Waals surface area contributed by atoms with Gasteiger partial charge in [0.2, 0.25) is 0 Å². The van der Waals surface area contributed by atoms with Crippen LogP contribution in [0.25, 0.3) is 22.1 Å². The molecule has 1 N–H and O–H groups in total. The van der Waals surface area contributed by atoms with Crippen LogP contribution in [-0.4, -0.2) is 11.7 Å². The molecular formula is C16H13BrO2. The van der Waals surface area contributed by atoms with E-state index in [-0.39, 0.29) is 6.61 Å². The molecule has 19 heavy (non-hydrogen) atoms. The smallest absolute Gasteiger partial charge is 0.178 e. The van der Waals surface area contributed by atoms with Crippen molar-refractivity contribution < 1.29 is 9.52 Å². The number of fused-ring (bicyclic) bond motifs is 1. The molecule has 0 radical (unpaired) electrons. The zero-order chi connectivity index (χ0) is 13.2. The van der Waals surface area contributed by atoms with Gasteiger partial charge in [-0.05, 0) is 33.5 Å². The molecule has 3 heteroatoms. The van der Waals surface area contributed by atoms with Crippen LogP contribution >= 0.6 is 15.9 Å². The lowest BCUT2D eigenvalue weighted by Gasteiger charge is -2.01. The Morgan fingerprint density at radius 2 is 1.79 bits per heavy atom. The molecule has 1 aromatic heterocycles. The summed E-state index contributed by atoms with van der Waals surface area (Å²) in [5, 5.41) is 10.2. The summed E-state index contributed by atoms with van der Waals surface area (Å²) in [6, 6.07) is 16.2. The fourth-order valence-corrected chi connectivity index (χ4v) is 2.94. The molecule has 0 bridgehead atoms. The molecule has 96 valence electrons. The van der Waals surface area contributed by atoms with E-state index in [9.17, 15) is 0 Å². The van der Waals surface area contributed by atoms with Crippen molar-refractivity contribution in [3.8, 4) is 11.1 Å². The van der Waals surface area contributed by atoms with Gasteiger partial charge in [0.15, 0.2) is 4.67 Å². The number of hydrogen-bond donors (Lipinski definition) is 1. The van der Waals surface area contributed by atoms with E-state index in [0.29, 0.717) is 6.42 Å². The molecule has 1 heterocycles. The summed E-state index contributed by atoms with van der Waals surface area (Å²) in [4.78, 5) is 0. The minimum absolute atomic E-state index is 0.123. The molecule has 0 amide bonds. The highest BCUT2D eigenvalue weighted by Gasteiger charge is 2.15. The molecule has 0 spiro atoms. The van der Waals surface area contributed by atoms with Crippen LogP contribution in [0.5, 0.6) is 0 Å². The van der Waals surface area contributed by atoms with Gasteiger partial charge in [-0.3, -0.25) is 0 Å². The summed E-state index contributed by atoms with van der Waals surface area (Å²) < 4.78 is 6.58. The van der Waals surface area contributed by atoms with Gasteiger partial charge in [-0.2, -0.15) is 0 Å². The van der Waals surface area contributed by atoms with Crippen molar-refractivity contribution >= 4 is 26.9 Å². The molecule has 0 aliphatic rings. The Morgan fingerprint density at radius 3 is 2.53 bits per heavy atom. The zero-order valence-corrected chi connectivity index (χ0v) is 11.9. The van der Waals surface area contributed by atoms with Gasteiger partial charge < -0.3 is 9.52 Å². The Kier molecular flexibility index (Phi) is 3.40. The third-order valence-corrected chi connectivity index (χ3v) is 3.76. The molecule has 3 rings (SSSR count). The van der Waals surface area contributed by atoms with Crippen molar-refractivity contribution in [1.29, 1.82) is 0 Å². The van der Waals surface area contributed by atoms with Crippen molar-refractivity contribution in [3.05, 3.63) is 58.8 Å². The first-order chi connectivity index (χ1) is 9.31. The largest absolute Gasteiger partial charge is 0.448 e. The first-order valence-electron chi connectivity index (χ1n) is 6.17. The van der Waals surface area contributed by atoms with Gasteiger partial charge in [-0.15, -0.1) is 0 Å². The van der Waals surface area contributed by atoms with Crippen molar-refractivity contribution in [3.63, 3.8) is 0 Å². The Bertz CT molecular complexity index is 701. The van der Waals surface area contributed by atoms with Crippen molar-refractivity contribution in [1.82, 2.24) is 0 Å². The first kappa shape index (κ1) is 12.5. The minimum Gasteiger partial charge on any atom is -0.448 e. The second kappa shape index (κ2) is 5.19. The highest BCUT2D eigenvalue weighted by atomic mass is 79.9. The molecule has 2 aromatic carbocycles. The summed E-state index contributed by atoms with van der Waals surface area (Å²) in [5.74, 6) is 0. The second-order valence-corrected chi connectivity index (χ2v) is 5.10. The Balaban J connectivity index is 2.26. The van der Waals surface area contributed by atoms with Crippen LogP contribution in [-0.2, 0) is 6.42 Å². The number of hydrogen-bond acceptors (Lipinski definition) is 2. The van der Waals surface area contributed by atoms with Crippen molar-refractivity contribution in [2.24, 2.45) is 0 Å². The Morgan fingerprint density at radius 1 is 1.00 bits per heavy atom. The van der Waals surface area contributed by atoms with E-state index < -0.39 is 0 Å². The second-order valence-electron chi connectivity index (χ2n) is 4.38. The van der Waals surface area contributed by atoms with Crippen molar-refractivity contribution in [2.75, 3.05) is 6.61 Å². The SMILES string of the molecule is OCCc1cccc2c(-c3ccccc3)c(Br)oc12. The monoisotopic (exact) mass is 316 g/mol. The van der Waals surface area contributed by atoms with E-state index in [1.54, 1.807) is 0 Å². The molecule has 0 fully saturated rings. The number of aliphatic hydroxyl groups excluding tert-OH is 1. The van der Waals surface area contributed by atoms with Crippen LogP contribution < -0.4 is 0 Å². The third kappa shape index (κ3) is 2.20. The number of furan rings is 1. The van der Waals surface area contributed by atoms with Crippen LogP contribution in [0.3, 0.4) is 0 Å². The molecule has 0 aliphatic heterocycles. The molecule has 0 unspecified atom stereocenters. The van der Waals surface area contributed by atoms with E-state index in [1.165, 1.54) is 0 Å². The molecule has 0 atom stereocenters. The first-order valence-corrected chi connectivity index (χ1v) is 6.96. The number of rotatable bonds is 3. The van der Waals surface area contributed by atoms with Gasteiger partial charge in [0.1, 0.15) is 5.58 Å². The topological polar surface area (TPSA) is 33.4 Å². The normalized spacial score (nSPS) is 11.1. The fourth-order valence-electron chi connectivity index (χ4n) is 2.34. The zero-order valence-electron chi connectivity index (χ0n) is 10.3. The summed E-state index contributed by atoms with van der Waals surface area (Å²) in [6.07, 6.45) is 0.603. The highest BCUT2D eigenvalue weighted by molar-refractivity contribution is 9.10. The predicted octanol–water partition coefficient (Wildman–Crippen LogP) is 4.40. The summed E-state index contributed by atoms with van der Waals surface area (Å²) >= 11 is 3.50. The molecule has 0 saturated heterocycles. The standard InChI is InChI=1S/C16H13BrO2/c17-16-14(11-5-2-1-3-6-11)13-8-4-7-12(9-10-18)15(13)19-16/h1-8,18H,9-10H2. The van der Waals surface area contributed by atoms with Gasteiger partial charge in [-0.25, -0.2) is 0 Å². The average Bonchev–Trinajstić information content (AvgIpc) is 2.77. The molecule has 3 aromatic rings. The maximum Gasteiger partial charge on any atom is 0.178 e. The number of aliphatic hydroxyl groups is 1. The van der Waals surface area contributed by atoms with Gasteiger partial charge in [0.05, 0.1) is 0 Å². The van der Waals surface area contributed by atoms with Crippen molar-refractivity contribution in [2.45, 2.75) is 6.42 Å². The van der Waals surface area contributed by atoms with Crippen LogP contribution in [0.15, 0.2) is 57.6 Å². The lowest BCUT2D eigenvalue weighted by Crippen LogP contribution is -1.90. The van der Waals surface area contributed by atoms with Gasteiger partial charge in [0, 0.05) is 17.6 Å². The highest BCUT2D eigenvalue weighted by Crippen LogP contribution is 2.39. The van der Waals surface area contributed by atoms with E-state index in [4.69, 9.17) is 9.52 Å². The minimum atomic E-state index is 0.123. The fraction of sp³-hybridized carbons (Fsp3) is 0.125. The Labute approximate surface area is 119 Å². The van der Waals surface area contributed by atoms with Crippen LogP contribution in [0.4, 0.5) is 0 Å². The third-order valence-electron chi connectivity index (χ3n) is 3.20. The molecule has 0 aliphatic carbocycles. The summed E-state index contributed by atoms with van der Waals surface area (Å²) in [7, 11) is 0. The lowest BCUT2D eigenvalue weighted by molar-refractivity contribution is 0.299. The van der Waals surface area contributed by atoms with E-state index >= 15 is 0 Å². The van der Waals surface area contributed by atoms with E-state index in [1.807, 2.05) is 36.4 Å². The predicted molar refractivity (Wildman–Crippen MR) is 80.1 cm³/mol. The van der Waals surface area contributed by atoms with Crippen LogP contribution in [0, 0.1) is 0 Å². The van der Waals surface area contributed by atoms with Gasteiger partial charge in [0.25, 0.3) is 0 Å². The van der Waals surface area contributed by atoms with Crippen LogP contribution in [0.1, 0.15) is 5.56 Å². The number of halogens is 1. The molecule has 0 saturated carbocycles. The number of para-hydroxylation sites is 1. The average molecular weight is 317 g/mol. The summed E-state index contributed by atoms with van der Waals surface area (Å²) in [6.45, 7) is 0.123. The molecular weight excluding hydrogens is 304 g/mol.